The zero-order chi connectivity index (χ0) is 26.9. The Morgan fingerprint density at radius 2 is 1.29 bits per heavy atom. The summed E-state index contributed by atoms with van der Waals surface area (Å²) in [5.41, 5.74) is 6.70. The third-order valence-electron chi connectivity index (χ3n) is 5.63. The van der Waals surface area contributed by atoms with Crippen molar-refractivity contribution in [1.29, 1.82) is 0 Å². The molecule has 1 aromatic carbocycles. The van der Waals surface area contributed by atoms with Gasteiger partial charge in [0.25, 0.3) is 0 Å². The lowest BCUT2D eigenvalue weighted by Crippen LogP contribution is -2.61. The molecule has 12 nitrogen and oxygen atoms in total. The summed E-state index contributed by atoms with van der Waals surface area (Å²) < 4.78 is 0. The molecule has 0 fully saturated rings. The Bertz CT molecular complexity index is 875. The summed E-state index contributed by atoms with van der Waals surface area (Å²) in [7, 11) is 0. The number of phenolic OH excluding ortho intramolecular Hbond substituents is 1. The monoisotopic (exact) mass is 496 g/mol. The van der Waals surface area contributed by atoms with Crippen molar-refractivity contribution in [2.24, 2.45) is 11.7 Å². The second-order valence-corrected chi connectivity index (χ2v) is 8.64. The number of carboxylic acid groups (broad SMARTS) is 1. The Balaban J connectivity index is 2.96. The van der Waals surface area contributed by atoms with Crippen molar-refractivity contribution in [1.82, 2.24) is 16.0 Å². The summed E-state index contributed by atoms with van der Waals surface area (Å²) in [6.45, 7) is 5.91. The fourth-order valence-corrected chi connectivity index (χ4v) is 3.22. The fraction of sp³-hybridized carbons (Fsp3) is 0.565. The van der Waals surface area contributed by atoms with Crippen LogP contribution in [-0.4, -0.2) is 80.5 Å². The van der Waals surface area contributed by atoms with Gasteiger partial charge < -0.3 is 42.1 Å². The van der Waals surface area contributed by atoms with Crippen molar-refractivity contribution in [3.63, 3.8) is 0 Å². The molecule has 1 rings (SSSR count). The third kappa shape index (κ3) is 9.15. The van der Waals surface area contributed by atoms with Crippen LogP contribution in [0, 0.1) is 5.92 Å². The largest absolute Gasteiger partial charge is 0.508 e. The van der Waals surface area contributed by atoms with E-state index >= 15 is 0 Å². The predicted molar refractivity (Wildman–Crippen MR) is 126 cm³/mol. The van der Waals surface area contributed by atoms with Gasteiger partial charge in [0.15, 0.2) is 6.04 Å². The number of aliphatic carboxylic acids is 1. The number of benzene rings is 1. The number of nitrogens with one attached hydrogen (secondary N) is 3. The van der Waals surface area contributed by atoms with Gasteiger partial charge in [-0.2, -0.15) is 0 Å². The molecule has 0 aliphatic heterocycles. The molecule has 7 unspecified atom stereocenters. The number of carboxylic acids is 1. The van der Waals surface area contributed by atoms with Gasteiger partial charge in [-0.25, -0.2) is 4.79 Å². The normalized spacial score (nSPS) is 17.1. The van der Waals surface area contributed by atoms with Crippen LogP contribution < -0.4 is 21.7 Å². The maximum absolute atomic E-state index is 13.0. The number of rotatable bonds is 13. The molecule has 12 heteroatoms. The minimum Gasteiger partial charge on any atom is -0.508 e. The zero-order valence-corrected chi connectivity index (χ0v) is 20.3. The number of carbonyl (C=O) groups excluding carboxylic acids is 3. The fourth-order valence-electron chi connectivity index (χ4n) is 3.22. The van der Waals surface area contributed by atoms with Crippen LogP contribution in [0.4, 0.5) is 0 Å². The highest BCUT2D eigenvalue weighted by Gasteiger charge is 2.35. The van der Waals surface area contributed by atoms with E-state index in [1.807, 2.05) is 0 Å². The Hall–Kier alpha value is -3.22. The molecule has 0 spiro atoms. The van der Waals surface area contributed by atoms with E-state index in [4.69, 9.17) is 10.8 Å². The Kier molecular flexibility index (Phi) is 11.6. The first-order valence-electron chi connectivity index (χ1n) is 11.3. The first kappa shape index (κ1) is 29.8. The smallest absolute Gasteiger partial charge is 0.328 e. The lowest BCUT2D eigenvalue weighted by atomic mass is 9.96. The van der Waals surface area contributed by atoms with Crippen molar-refractivity contribution in [2.45, 2.75) is 76.9 Å². The van der Waals surface area contributed by atoms with Crippen LogP contribution in [0.1, 0.15) is 39.7 Å². The van der Waals surface area contributed by atoms with E-state index in [1.165, 1.54) is 26.0 Å². The van der Waals surface area contributed by atoms with Gasteiger partial charge in [0.05, 0.1) is 18.2 Å². The van der Waals surface area contributed by atoms with E-state index in [-0.39, 0.29) is 18.1 Å². The molecule has 0 aromatic heterocycles. The average Bonchev–Trinajstić information content (AvgIpc) is 2.79. The number of aromatic hydroxyl groups is 1. The van der Waals surface area contributed by atoms with Crippen LogP contribution in [0.15, 0.2) is 24.3 Å². The summed E-state index contributed by atoms with van der Waals surface area (Å²) in [6.07, 6.45) is -2.20. The van der Waals surface area contributed by atoms with Gasteiger partial charge in [0, 0.05) is 0 Å². The predicted octanol–water partition coefficient (Wildman–Crippen LogP) is -1.39. The molecular weight excluding hydrogens is 460 g/mol. The molecular formula is C23H36N4O8. The Morgan fingerprint density at radius 1 is 0.829 bits per heavy atom. The molecule has 9 N–H and O–H groups in total. The van der Waals surface area contributed by atoms with Gasteiger partial charge in [0.2, 0.25) is 17.7 Å². The highest BCUT2D eigenvalue weighted by Crippen LogP contribution is 2.13. The van der Waals surface area contributed by atoms with Gasteiger partial charge in [0.1, 0.15) is 17.8 Å². The zero-order valence-electron chi connectivity index (χ0n) is 20.3. The van der Waals surface area contributed by atoms with Crippen molar-refractivity contribution in [3.05, 3.63) is 29.8 Å². The third-order valence-corrected chi connectivity index (χ3v) is 5.63. The maximum atomic E-state index is 13.0. The number of nitrogens with two attached hydrogens (primary N) is 1. The van der Waals surface area contributed by atoms with Gasteiger partial charge in [-0.15, -0.1) is 0 Å². The highest BCUT2D eigenvalue weighted by atomic mass is 16.4. The summed E-state index contributed by atoms with van der Waals surface area (Å²) in [5, 5.41) is 45.2. The summed E-state index contributed by atoms with van der Waals surface area (Å²) in [5.74, 6) is -4.19. The van der Waals surface area contributed by atoms with E-state index in [1.54, 1.807) is 26.0 Å². The van der Waals surface area contributed by atoms with Crippen LogP contribution in [0.2, 0.25) is 0 Å². The SMILES string of the molecule is CCC(C)C(NC(=O)C(N)Cc1ccc(O)cc1)C(=O)NC(C(=O)NC(C(=O)O)C(C)O)C(C)O. The second-order valence-electron chi connectivity index (χ2n) is 8.64. The van der Waals surface area contributed by atoms with Crippen molar-refractivity contribution in [2.75, 3.05) is 0 Å². The van der Waals surface area contributed by atoms with Crippen molar-refractivity contribution in [3.8, 4) is 5.75 Å². The molecule has 1 aromatic rings. The van der Waals surface area contributed by atoms with Crippen molar-refractivity contribution >= 4 is 23.7 Å². The lowest BCUT2D eigenvalue weighted by Gasteiger charge is -2.29. The summed E-state index contributed by atoms with van der Waals surface area (Å²) in [6, 6.07) is 0.860. The minimum atomic E-state index is -1.65. The topological polar surface area (TPSA) is 211 Å². The van der Waals surface area contributed by atoms with Crippen LogP contribution in [-0.2, 0) is 25.6 Å². The number of hydrogen-bond acceptors (Lipinski definition) is 8. The first-order valence-corrected chi connectivity index (χ1v) is 11.3. The van der Waals surface area contributed by atoms with Gasteiger partial charge >= 0.3 is 5.97 Å². The number of carbonyl (C=O) groups is 4. The van der Waals surface area contributed by atoms with Crippen LogP contribution in [0.5, 0.6) is 5.75 Å². The molecule has 0 bridgehead atoms. The molecule has 35 heavy (non-hydrogen) atoms. The minimum absolute atomic E-state index is 0.0695. The molecule has 0 heterocycles. The number of hydrogen-bond donors (Lipinski definition) is 8. The van der Waals surface area contributed by atoms with Crippen molar-refractivity contribution < 1.29 is 39.6 Å². The standard InChI is InChI=1S/C23H36N4O8/c1-5-11(2)17(25-20(31)16(24)10-14-6-8-15(30)9-7-14)21(32)26-18(12(3)28)22(33)27-19(13(4)29)23(34)35/h6-9,11-13,16-19,28-30H,5,10,24H2,1-4H3,(H,25,31)(H,26,32)(H,27,33)(H,34,35). The summed E-state index contributed by atoms with van der Waals surface area (Å²) in [4.78, 5) is 49.6. The molecule has 196 valence electrons. The van der Waals surface area contributed by atoms with Crippen LogP contribution >= 0.6 is 0 Å². The van der Waals surface area contributed by atoms with E-state index in [2.05, 4.69) is 16.0 Å². The quantitative estimate of drug-likeness (QED) is 0.161. The van der Waals surface area contributed by atoms with Crippen LogP contribution in [0.25, 0.3) is 0 Å². The van der Waals surface area contributed by atoms with E-state index < -0.39 is 60.1 Å². The van der Waals surface area contributed by atoms with Gasteiger partial charge in [-0.1, -0.05) is 32.4 Å². The summed E-state index contributed by atoms with van der Waals surface area (Å²) >= 11 is 0. The number of amides is 3. The molecule has 0 radical (unpaired) electrons. The molecule has 3 amide bonds. The van der Waals surface area contributed by atoms with Crippen LogP contribution in [0.3, 0.4) is 0 Å². The van der Waals surface area contributed by atoms with Gasteiger partial charge in [-0.3, -0.25) is 14.4 Å². The Morgan fingerprint density at radius 3 is 1.74 bits per heavy atom. The average molecular weight is 497 g/mol. The molecule has 0 aliphatic carbocycles. The number of phenols is 1. The molecule has 0 aliphatic rings. The van der Waals surface area contributed by atoms with E-state index in [9.17, 15) is 34.5 Å². The maximum Gasteiger partial charge on any atom is 0.328 e. The molecule has 0 saturated heterocycles. The Labute approximate surface area is 203 Å². The van der Waals surface area contributed by atoms with E-state index in [0.717, 1.165) is 0 Å². The lowest BCUT2D eigenvalue weighted by molar-refractivity contribution is -0.146. The molecule has 0 saturated carbocycles. The number of aliphatic hydroxyl groups is 2. The second kappa shape index (κ2) is 13.6. The number of aliphatic hydroxyl groups excluding tert-OH is 2. The van der Waals surface area contributed by atoms with Gasteiger partial charge in [-0.05, 0) is 43.9 Å². The highest BCUT2D eigenvalue weighted by molar-refractivity contribution is 5.94. The first-order chi connectivity index (χ1) is 16.3. The molecule has 7 atom stereocenters. The van der Waals surface area contributed by atoms with E-state index in [0.29, 0.717) is 12.0 Å².